The fourth-order valence-electron chi connectivity index (χ4n) is 2.98. The van der Waals surface area contributed by atoms with Crippen LogP contribution in [0.2, 0.25) is 0 Å². The maximum absolute atomic E-state index is 13.2. The summed E-state index contributed by atoms with van der Waals surface area (Å²) in [7, 11) is 0. The van der Waals surface area contributed by atoms with Crippen molar-refractivity contribution in [3.8, 4) is 0 Å². The number of hydrogen-bond donors (Lipinski definition) is 1. The monoisotopic (exact) mass is 312 g/mol. The van der Waals surface area contributed by atoms with Crippen LogP contribution in [0.15, 0.2) is 48.5 Å². The van der Waals surface area contributed by atoms with Gasteiger partial charge in [0.2, 0.25) is 5.91 Å². The van der Waals surface area contributed by atoms with Gasteiger partial charge in [-0.25, -0.2) is 4.39 Å². The molecular formula is C19H21FN2O. The largest absolute Gasteiger partial charge is 0.370 e. The molecule has 0 spiro atoms. The van der Waals surface area contributed by atoms with Gasteiger partial charge in [0.15, 0.2) is 0 Å². The van der Waals surface area contributed by atoms with E-state index in [1.54, 1.807) is 6.07 Å². The molecule has 0 unspecified atom stereocenters. The molecule has 1 fully saturated rings. The summed E-state index contributed by atoms with van der Waals surface area (Å²) in [5.41, 5.74) is 2.79. The Kier molecular flexibility index (Phi) is 4.91. The summed E-state index contributed by atoms with van der Waals surface area (Å²) in [5, 5.41) is 3.00. The van der Waals surface area contributed by atoms with Crippen LogP contribution < -0.4 is 10.2 Å². The van der Waals surface area contributed by atoms with Crippen LogP contribution in [-0.2, 0) is 11.2 Å². The molecule has 0 atom stereocenters. The van der Waals surface area contributed by atoms with Crippen LogP contribution >= 0.6 is 0 Å². The Hall–Kier alpha value is -2.36. The molecular weight excluding hydrogens is 291 g/mol. The molecule has 3 nitrogen and oxygen atoms in total. The SMILES string of the molecule is O=C(CCc1cccc(F)c1)Nc1ccccc1N1CCCC1. The van der Waals surface area contributed by atoms with Gasteiger partial charge in [-0.15, -0.1) is 0 Å². The van der Waals surface area contributed by atoms with Gasteiger partial charge in [-0.1, -0.05) is 24.3 Å². The van der Waals surface area contributed by atoms with E-state index in [4.69, 9.17) is 0 Å². The van der Waals surface area contributed by atoms with Crippen LogP contribution in [0.4, 0.5) is 15.8 Å². The zero-order valence-corrected chi connectivity index (χ0v) is 13.1. The Morgan fingerprint density at radius 3 is 2.65 bits per heavy atom. The molecule has 2 aromatic carbocycles. The summed E-state index contributed by atoms with van der Waals surface area (Å²) in [6.07, 6.45) is 3.27. The molecule has 0 saturated carbocycles. The molecule has 0 radical (unpaired) electrons. The Morgan fingerprint density at radius 1 is 1.09 bits per heavy atom. The van der Waals surface area contributed by atoms with Gasteiger partial charge in [0.25, 0.3) is 0 Å². The lowest BCUT2D eigenvalue weighted by atomic mass is 10.1. The maximum atomic E-state index is 13.2. The molecule has 1 heterocycles. The van der Waals surface area contributed by atoms with E-state index in [0.717, 1.165) is 30.0 Å². The Bertz CT molecular complexity index is 681. The second-order valence-corrected chi connectivity index (χ2v) is 5.89. The van der Waals surface area contributed by atoms with Gasteiger partial charge in [-0.3, -0.25) is 4.79 Å². The molecule has 0 aliphatic carbocycles. The number of benzene rings is 2. The standard InChI is InChI=1S/C19H21FN2O/c20-16-7-5-6-15(14-16)10-11-19(23)21-17-8-1-2-9-18(17)22-12-3-4-13-22/h1-2,5-9,14H,3-4,10-13H2,(H,21,23). The van der Waals surface area contributed by atoms with E-state index in [9.17, 15) is 9.18 Å². The lowest BCUT2D eigenvalue weighted by molar-refractivity contribution is -0.116. The van der Waals surface area contributed by atoms with E-state index in [2.05, 4.69) is 10.2 Å². The van der Waals surface area contributed by atoms with Gasteiger partial charge in [0.05, 0.1) is 11.4 Å². The number of hydrogen-bond acceptors (Lipinski definition) is 2. The number of nitrogens with one attached hydrogen (secondary N) is 1. The van der Waals surface area contributed by atoms with Crippen LogP contribution in [-0.4, -0.2) is 19.0 Å². The van der Waals surface area contributed by atoms with Crippen LogP contribution in [0.25, 0.3) is 0 Å². The van der Waals surface area contributed by atoms with E-state index in [0.29, 0.717) is 12.8 Å². The second kappa shape index (κ2) is 7.27. The molecule has 3 rings (SSSR count). The first kappa shape index (κ1) is 15.5. The summed E-state index contributed by atoms with van der Waals surface area (Å²) in [6, 6.07) is 14.3. The van der Waals surface area contributed by atoms with Crippen molar-refractivity contribution >= 4 is 17.3 Å². The topological polar surface area (TPSA) is 32.3 Å². The third-order valence-corrected chi connectivity index (χ3v) is 4.15. The first-order valence-corrected chi connectivity index (χ1v) is 8.10. The minimum atomic E-state index is -0.262. The zero-order valence-electron chi connectivity index (χ0n) is 13.1. The molecule has 120 valence electrons. The minimum absolute atomic E-state index is 0.0408. The molecule has 1 aliphatic rings. The zero-order chi connectivity index (χ0) is 16.1. The average Bonchev–Trinajstić information content (AvgIpc) is 3.08. The van der Waals surface area contributed by atoms with Crippen molar-refractivity contribution in [1.29, 1.82) is 0 Å². The highest BCUT2D eigenvalue weighted by molar-refractivity contribution is 5.94. The van der Waals surface area contributed by atoms with Crippen LogP contribution in [0.1, 0.15) is 24.8 Å². The molecule has 0 aromatic heterocycles. The molecule has 23 heavy (non-hydrogen) atoms. The van der Waals surface area contributed by atoms with Gasteiger partial charge < -0.3 is 10.2 Å². The normalized spacial score (nSPS) is 14.0. The quantitative estimate of drug-likeness (QED) is 0.905. The number of carbonyl (C=O) groups excluding carboxylic acids is 1. The van der Waals surface area contributed by atoms with Gasteiger partial charge in [0.1, 0.15) is 5.82 Å². The number of carbonyl (C=O) groups is 1. The summed E-state index contributed by atoms with van der Waals surface area (Å²) in [6.45, 7) is 2.08. The van der Waals surface area contributed by atoms with E-state index >= 15 is 0 Å². The summed E-state index contributed by atoms with van der Waals surface area (Å²) >= 11 is 0. The number of aryl methyl sites for hydroxylation is 1. The van der Waals surface area contributed by atoms with Crippen LogP contribution in [0.3, 0.4) is 0 Å². The number of halogens is 1. The fourth-order valence-corrected chi connectivity index (χ4v) is 2.98. The first-order chi connectivity index (χ1) is 11.2. The lowest BCUT2D eigenvalue weighted by Crippen LogP contribution is -2.21. The average molecular weight is 312 g/mol. The number of para-hydroxylation sites is 2. The van der Waals surface area contributed by atoms with E-state index in [1.165, 1.54) is 25.0 Å². The van der Waals surface area contributed by atoms with Gasteiger partial charge >= 0.3 is 0 Å². The summed E-state index contributed by atoms with van der Waals surface area (Å²) in [5.74, 6) is -0.303. The van der Waals surface area contributed by atoms with E-state index < -0.39 is 0 Å². The molecule has 1 saturated heterocycles. The second-order valence-electron chi connectivity index (χ2n) is 5.89. The van der Waals surface area contributed by atoms with Gasteiger partial charge in [-0.05, 0) is 49.1 Å². The molecule has 2 aromatic rings. The van der Waals surface area contributed by atoms with Crippen molar-refractivity contribution in [2.75, 3.05) is 23.3 Å². The highest BCUT2D eigenvalue weighted by Gasteiger charge is 2.16. The maximum Gasteiger partial charge on any atom is 0.224 e. The van der Waals surface area contributed by atoms with Crippen molar-refractivity contribution in [2.24, 2.45) is 0 Å². The van der Waals surface area contributed by atoms with E-state index in [-0.39, 0.29) is 11.7 Å². The third-order valence-electron chi connectivity index (χ3n) is 4.15. The summed E-state index contributed by atoms with van der Waals surface area (Å²) < 4.78 is 13.2. The summed E-state index contributed by atoms with van der Waals surface area (Å²) in [4.78, 5) is 14.5. The molecule has 1 aliphatic heterocycles. The smallest absolute Gasteiger partial charge is 0.224 e. The van der Waals surface area contributed by atoms with Crippen molar-refractivity contribution in [2.45, 2.75) is 25.7 Å². The van der Waals surface area contributed by atoms with E-state index in [1.807, 2.05) is 30.3 Å². The Balaban J connectivity index is 1.61. The Labute approximate surface area is 136 Å². The predicted molar refractivity (Wildman–Crippen MR) is 91.2 cm³/mol. The minimum Gasteiger partial charge on any atom is -0.370 e. The van der Waals surface area contributed by atoms with Crippen LogP contribution in [0.5, 0.6) is 0 Å². The van der Waals surface area contributed by atoms with Gasteiger partial charge in [-0.2, -0.15) is 0 Å². The third kappa shape index (κ3) is 4.09. The predicted octanol–water partition coefficient (Wildman–Crippen LogP) is 4.00. The highest BCUT2D eigenvalue weighted by atomic mass is 19.1. The van der Waals surface area contributed by atoms with Gasteiger partial charge in [0, 0.05) is 19.5 Å². The molecule has 1 N–H and O–H groups in total. The Morgan fingerprint density at radius 2 is 1.87 bits per heavy atom. The van der Waals surface area contributed by atoms with Crippen molar-refractivity contribution in [3.63, 3.8) is 0 Å². The molecule has 4 heteroatoms. The number of rotatable bonds is 5. The molecule has 1 amide bonds. The molecule has 0 bridgehead atoms. The number of amides is 1. The fraction of sp³-hybridized carbons (Fsp3) is 0.316. The van der Waals surface area contributed by atoms with Crippen molar-refractivity contribution in [3.05, 3.63) is 59.9 Å². The van der Waals surface area contributed by atoms with Crippen molar-refractivity contribution < 1.29 is 9.18 Å². The number of nitrogens with zero attached hydrogens (tertiary/aromatic N) is 1. The first-order valence-electron chi connectivity index (χ1n) is 8.10. The number of anilines is 2. The van der Waals surface area contributed by atoms with Crippen LogP contribution in [0, 0.1) is 5.82 Å². The van der Waals surface area contributed by atoms with Crippen molar-refractivity contribution in [1.82, 2.24) is 0 Å². The lowest BCUT2D eigenvalue weighted by Gasteiger charge is -2.21. The highest BCUT2D eigenvalue weighted by Crippen LogP contribution is 2.28.